The zero-order valence-electron chi connectivity index (χ0n) is 11.1. The maximum atomic E-state index is 11.5. The summed E-state index contributed by atoms with van der Waals surface area (Å²) in [6.07, 6.45) is 3.15. The zero-order valence-corrected chi connectivity index (χ0v) is 11.1. The number of hydrogen-bond acceptors (Lipinski definition) is 4. The van der Waals surface area contributed by atoms with Crippen molar-refractivity contribution in [1.29, 1.82) is 0 Å². The molecule has 0 fully saturated rings. The average Bonchev–Trinajstić information content (AvgIpc) is 2.33. The molecule has 17 heavy (non-hydrogen) atoms. The van der Waals surface area contributed by atoms with Gasteiger partial charge < -0.3 is 9.47 Å². The molecule has 0 saturated carbocycles. The van der Waals surface area contributed by atoms with Crippen LogP contribution in [0.25, 0.3) is 0 Å². The van der Waals surface area contributed by atoms with Crippen LogP contribution in [0.15, 0.2) is 11.6 Å². The van der Waals surface area contributed by atoms with Crippen molar-refractivity contribution in [3.8, 4) is 0 Å². The van der Waals surface area contributed by atoms with Gasteiger partial charge in [0.1, 0.15) is 6.61 Å². The lowest BCUT2D eigenvalue weighted by molar-refractivity contribution is -0.148. The van der Waals surface area contributed by atoms with Crippen LogP contribution < -0.4 is 0 Å². The number of carbonyl (C=O) groups excluding carboxylic acids is 2. The number of esters is 2. The van der Waals surface area contributed by atoms with E-state index in [9.17, 15) is 9.59 Å². The van der Waals surface area contributed by atoms with E-state index in [4.69, 9.17) is 9.47 Å². The van der Waals surface area contributed by atoms with Gasteiger partial charge in [-0.25, -0.2) is 4.79 Å². The highest BCUT2D eigenvalue weighted by Crippen LogP contribution is 2.07. The first-order chi connectivity index (χ1) is 8.06. The summed E-state index contributed by atoms with van der Waals surface area (Å²) in [4.78, 5) is 23.0. The summed E-state index contributed by atoms with van der Waals surface area (Å²) in [7, 11) is 0. The van der Waals surface area contributed by atoms with E-state index in [0.717, 1.165) is 6.42 Å². The van der Waals surface area contributed by atoms with E-state index in [0.29, 0.717) is 18.6 Å². The minimum atomic E-state index is -0.411. The number of hydrogen-bond donors (Lipinski definition) is 0. The molecule has 0 spiro atoms. The highest BCUT2D eigenvalue weighted by atomic mass is 16.5. The maximum absolute atomic E-state index is 11.5. The van der Waals surface area contributed by atoms with Crippen molar-refractivity contribution in [3.63, 3.8) is 0 Å². The van der Waals surface area contributed by atoms with Gasteiger partial charge in [-0.15, -0.1) is 0 Å². The van der Waals surface area contributed by atoms with Crippen LogP contribution in [0.5, 0.6) is 0 Å². The average molecular weight is 242 g/mol. The maximum Gasteiger partial charge on any atom is 0.337 e. The van der Waals surface area contributed by atoms with Crippen LogP contribution in [0.2, 0.25) is 0 Å². The van der Waals surface area contributed by atoms with Crippen LogP contribution in [-0.4, -0.2) is 25.2 Å². The van der Waals surface area contributed by atoms with Gasteiger partial charge in [0.05, 0.1) is 18.1 Å². The molecule has 0 N–H and O–H groups in total. The summed E-state index contributed by atoms with van der Waals surface area (Å²) < 4.78 is 9.95. The van der Waals surface area contributed by atoms with Crippen molar-refractivity contribution in [1.82, 2.24) is 0 Å². The van der Waals surface area contributed by atoms with Crippen molar-refractivity contribution in [2.45, 2.75) is 40.5 Å². The number of ether oxygens (including phenoxy) is 2. The molecular weight excluding hydrogens is 220 g/mol. The Morgan fingerprint density at radius 2 is 1.82 bits per heavy atom. The first-order valence-electron chi connectivity index (χ1n) is 6.09. The molecule has 0 aliphatic carbocycles. The lowest BCUT2D eigenvalue weighted by Crippen LogP contribution is -2.19. The lowest BCUT2D eigenvalue weighted by Gasteiger charge is -2.11. The van der Waals surface area contributed by atoms with Gasteiger partial charge in [0.15, 0.2) is 0 Å². The summed E-state index contributed by atoms with van der Waals surface area (Å²) >= 11 is 0. The van der Waals surface area contributed by atoms with Crippen LogP contribution in [-0.2, 0) is 19.1 Å². The third kappa shape index (κ3) is 6.09. The molecule has 0 radical (unpaired) electrons. The predicted octanol–water partition coefficient (Wildman–Crippen LogP) is 2.48. The fourth-order valence-electron chi connectivity index (χ4n) is 1.13. The second kappa shape index (κ2) is 8.79. The molecule has 0 saturated heterocycles. The van der Waals surface area contributed by atoms with Crippen molar-refractivity contribution < 1.29 is 19.1 Å². The normalized spacial score (nSPS) is 13.1. The molecule has 0 aliphatic rings. The van der Waals surface area contributed by atoms with E-state index < -0.39 is 5.97 Å². The van der Waals surface area contributed by atoms with Gasteiger partial charge in [0.25, 0.3) is 0 Å². The largest absolute Gasteiger partial charge is 0.463 e. The lowest BCUT2D eigenvalue weighted by atomic mass is 10.1. The van der Waals surface area contributed by atoms with Gasteiger partial charge in [-0.1, -0.05) is 26.8 Å². The summed E-state index contributed by atoms with van der Waals surface area (Å²) in [6, 6.07) is 0. The molecular formula is C13H22O4. The molecule has 1 atom stereocenters. The molecule has 0 aromatic rings. The Labute approximate surface area is 103 Å². The second-order valence-corrected chi connectivity index (χ2v) is 3.78. The van der Waals surface area contributed by atoms with E-state index in [1.807, 2.05) is 13.8 Å². The van der Waals surface area contributed by atoms with Crippen LogP contribution in [0.3, 0.4) is 0 Å². The van der Waals surface area contributed by atoms with Crippen molar-refractivity contribution >= 4 is 11.9 Å². The molecule has 0 amide bonds. The van der Waals surface area contributed by atoms with E-state index in [-0.39, 0.29) is 18.5 Å². The first-order valence-corrected chi connectivity index (χ1v) is 6.09. The first kappa shape index (κ1) is 15.7. The Hall–Kier alpha value is -1.32. The molecule has 4 heteroatoms. The van der Waals surface area contributed by atoms with Crippen molar-refractivity contribution in [2.24, 2.45) is 5.92 Å². The van der Waals surface area contributed by atoms with Gasteiger partial charge in [-0.3, -0.25) is 4.79 Å². The molecule has 0 aliphatic heterocycles. The third-order valence-corrected chi connectivity index (χ3v) is 2.37. The van der Waals surface area contributed by atoms with E-state index in [1.165, 1.54) is 0 Å². The molecule has 0 aromatic heterocycles. The topological polar surface area (TPSA) is 52.6 Å². The second-order valence-electron chi connectivity index (χ2n) is 3.78. The van der Waals surface area contributed by atoms with Crippen LogP contribution >= 0.6 is 0 Å². The molecule has 4 nitrogen and oxygen atoms in total. The molecule has 0 aromatic carbocycles. The van der Waals surface area contributed by atoms with Crippen LogP contribution in [0, 0.1) is 5.92 Å². The molecule has 0 heterocycles. The van der Waals surface area contributed by atoms with Gasteiger partial charge >= 0.3 is 11.9 Å². The van der Waals surface area contributed by atoms with Crippen molar-refractivity contribution in [2.75, 3.05) is 13.2 Å². The minimum Gasteiger partial charge on any atom is -0.463 e. The Balaban J connectivity index is 4.33. The highest BCUT2D eigenvalue weighted by Gasteiger charge is 2.16. The number of allylic oxidation sites excluding steroid dienone is 1. The van der Waals surface area contributed by atoms with Gasteiger partial charge in [0, 0.05) is 0 Å². The third-order valence-electron chi connectivity index (χ3n) is 2.37. The van der Waals surface area contributed by atoms with Crippen LogP contribution in [0.1, 0.15) is 40.5 Å². The summed E-state index contributed by atoms with van der Waals surface area (Å²) in [5, 5.41) is 0. The van der Waals surface area contributed by atoms with E-state index >= 15 is 0 Å². The Morgan fingerprint density at radius 1 is 1.18 bits per heavy atom. The number of carbonyl (C=O) groups is 2. The van der Waals surface area contributed by atoms with Crippen LogP contribution in [0.4, 0.5) is 0 Å². The monoisotopic (exact) mass is 242 g/mol. The summed E-state index contributed by atoms with van der Waals surface area (Å²) in [6.45, 7) is 7.69. The van der Waals surface area contributed by atoms with Gasteiger partial charge in [-0.05, 0) is 19.8 Å². The quantitative estimate of drug-likeness (QED) is 0.508. The standard InChI is InChI=1S/C13H22O4/c1-5-8-11(13(15)16-7-3)9-17-12(14)10(4)6-2/h8,10H,5-7,9H2,1-4H3. The van der Waals surface area contributed by atoms with Crippen molar-refractivity contribution in [3.05, 3.63) is 11.6 Å². The molecule has 1 unspecified atom stereocenters. The molecule has 0 bridgehead atoms. The minimum absolute atomic E-state index is 0.00412. The van der Waals surface area contributed by atoms with Gasteiger partial charge in [-0.2, -0.15) is 0 Å². The predicted molar refractivity (Wildman–Crippen MR) is 65.4 cm³/mol. The molecule has 98 valence electrons. The van der Waals surface area contributed by atoms with E-state index in [2.05, 4.69) is 0 Å². The molecule has 0 rings (SSSR count). The Bertz CT molecular complexity index is 281. The fraction of sp³-hybridized carbons (Fsp3) is 0.692. The smallest absolute Gasteiger partial charge is 0.337 e. The SMILES string of the molecule is CCC=C(COC(=O)C(C)CC)C(=O)OCC. The summed E-state index contributed by atoms with van der Waals surface area (Å²) in [5.41, 5.74) is 0.408. The van der Waals surface area contributed by atoms with E-state index in [1.54, 1.807) is 19.9 Å². The van der Waals surface area contributed by atoms with Gasteiger partial charge in [0.2, 0.25) is 0 Å². The fourth-order valence-corrected chi connectivity index (χ4v) is 1.13. The Kier molecular flexibility index (Phi) is 8.11. The highest BCUT2D eigenvalue weighted by molar-refractivity contribution is 5.89. The zero-order chi connectivity index (χ0) is 13.3. The Morgan fingerprint density at radius 3 is 2.29 bits per heavy atom. The number of rotatable bonds is 7. The summed E-state index contributed by atoms with van der Waals surface area (Å²) in [5.74, 6) is -0.829.